The first-order valence-electron chi connectivity index (χ1n) is 9.42. The van der Waals surface area contributed by atoms with Crippen LogP contribution in [0.3, 0.4) is 0 Å². The van der Waals surface area contributed by atoms with Crippen molar-refractivity contribution in [3.05, 3.63) is 81.2 Å². The average molecular weight is 440 g/mol. The molecule has 2 aromatic heterocycles. The van der Waals surface area contributed by atoms with Gasteiger partial charge in [-0.05, 0) is 42.3 Å². The van der Waals surface area contributed by atoms with Crippen molar-refractivity contribution in [2.75, 3.05) is 13.7 Å². The molecule has 2 N–H and O–H groups in total. The van der Waals surface area contributed by atoms with Crippen molar-refractivity contribution in [1.29, 1.82) is 0 Å². The fourth-order valence-corrected chi connectivity index (χ4v) is 3.59. The van der Waals surface area contributed by atoms with Crippen molar-refractivity contribution in [2.45, 2.75) is 6.42 Å². The van der Waals surface area contributed by atoms with Gasteiger partial charge in [-0.15, -0.1) is 0 Å². The minimum Gasteiger partial charge on any atom is -0.497 e. The number of nitro groups is 1. The molecule has 0 saturated heterocycles. The van der Waals surface area contributed by atoms with Gasteiger partial charge in [-0.25, -0.2) is 0 Å². The van der Waals surface area contributed by atoms with Crippen molar-refractivity contribution < 1.29 is 18.9 Å². The van der Waals surface area contributed by atoms with Gasteiger partial charge in [-0.3, -0.25) is 14.9 Å². The van der Waals surface area contributed by atoms with Crippen molar-refractivity contribution in [3.63, 3.8) is 0 Å². The summed E-state index contributed by atoms with van der Waals surface area (Å²) in [6.07, 6.45) is 2.55. The summed E-state index contributed by atoms with van der Waals surface area (Å²) in [5.41, 5.74) is 2.40. The number of furan rings is 1. The number of methoxy groups -OCH3 is 1. The molecule has 158 valence electrons. The molecule has 31 heavy (non-hydrogen) atoms. The van der Waals surface area contributed by atoms with Crippen molar-refractivity contribution in [3.8, 4) is 17.1 Å². The van der Waals surface area contributed by atoms with Gasteiger partial charge in [0.25, 0.3) is 11.6 Å². The second kappa shape index (κ2) is 8.53. The van der Waals surface area contributed by atoms with Crippen LogP contribution in [0.25, 0.3) is 22.2 Å². The number of amides is 1. The zero-order valence-corrected chi connectivity index (χ0v) is 17.2. The second-order valence-electron chi connectivity index (χ2n) is 6.82. The molecule has 4 rings (SSSR count). The molecule has 0 radical (unpaired) electrons. The van der Waals surface area contributed by atoms with Crippen LogP contribution >= 0.6 is 11.6 Å². The Hall–Kier alpha value is -3.78. The Morgan fingerprint density at radius 2 is 2.06 bits per heavy atom. The summed E-state index contributed by atoms with van der Waals surface area (Å²) in [5, 5.41) is 14.9. The summed E-state index contributed by atoms with van der Waals surface area (Å²) in [6.45, 7) is 0.423. The Morgan fingerprint density at radius 3 is 2.81 bits per heavy atom. The smallest absolute Gasteiger partial charge is 0.287 e. The number of carbonyl (C=O) groups excluding carboxylic acids is 1. The number of H-pyrrole nitrogens is 1. The molecule has 8 nitrogen and oxygen atoms in total. The highest BCUT2D eigenvalue weighted by molar-refractivity contribution is 6.33. The molecule has 1 amide bonds. The number of ether oxygens (including phenoxy) is 1. The number of aromatic amines is 1. The number of nitrogens with one attached hydrogen (secondary N) is 2. The zero-order chi connectivity index (χ0) is 22.0. The number of benzene rings is 2. The lowest BCUT2D eigenvalue weighted by Gasteiger charge is -2.04. The number of non-ortho nitro benzene ring substituents is 1. The number of rotatable bonds is 7. The fraction of sp³-hybridized carbons (Fsp3) is 0.136. The number of hydrogen-bond acceptors (Lipinski definition) is 5. The van der Waals surface area contributed by atoms with E-state index in [1.807, 2.05) is 24.4 Å². The Labute approximate surface area is 181 Å². The van der Waals surface area contributed by atoms with Crippen LogP contribution in [0.4, 0.5) is 5.69 Å². The van der Waals surface area contributed by atoms with E-state index < -0.39 is 4.92 Å². The molecule has 0 spiro atoms. The highest BCUT2D eigenvalue weighted by Crippen LogP contribution is 2.32. The molecule has 2 aromatic carbocycles. The maximum absolute atomic E-state index is 12.4. The fourth-order valence-electron chi connectivity index (χ4n) is 3.32. The predicted octanol–water partition coefficient (Wildman–Crippen LogP) is 4.97. The molecular weight excluding hydrogens is 422 g/mol. The summed E-state index contributed by atoms with van der Waals surface area (Å²) in [4.78, 5) is 26.0. The molecular formula is C22H18ClN3O5. The Kier molecular flexibility index (Phi) is 5.64. The topological polar surface area (TPSA) is 110 Å². The summed E-state index contributed by atoms with van der Waals surface area (Å²) in [5.74, 6) is 0.908. The van der Waals surface area contributed by atoms with Gasteiger partial charge < -0.3 is 19.5 Å². The first kappa shape index (κ1) is 20.5. The van der Waals surface area contributed by atoms with Crippen LogP contribution < -0.4 is 10.1 Å². The lowest BCUT2D eigenvalue weighted by atomic mass is 10.1. The van der Waals surface area contributed by atoms with Crippen LogP contribution in [0.15, 0.2) is 59.1 Å². The quantitative estimate of drug-likeness (QED) is 0.312. The van der Waals surface area contributed by atoms with E-state index in [0.29, 0.717) is 24.3 Å². The minimum absolute atomic E-state index is 0.117. The normalized spacial score (nSPS) is 10.9. The molecule has 0 aliphatic heterocycles. The molecule has 0 unspecified atom stereocenters. The van der Waals surface area contributed by atoms with E-state index in [1.165, 1.54) is 18.2 Å². The Balaban J connectivity index is 1.40. The number of fused-ring (bicyclic) bond motifs is 1. The molecule has 0 atom stereocenters. The van der Waals surface area contributed by atoms with E-state index in [9.17, 15) is 14.9 Å². The number of hydrogen-bond donors (Lipinski definition) is 2. The van der Waals surface area contributed by atoms with Crippen LogP contribution in [-0.2, 0) is 6.42 Å². The number of nitro benzene ring substituents is 1. The zero-order valence-electron chi connectivity index (χ0n) is 16.5. The van der Waals surface area contributed by atoms with Gasteiger partial charge in [0.1, 0.15) is 11.5 Å². The summed E-state index contributed by atoms with van der Waals surface area (Å²) < 4.78 is 10.8. The molecule has 0 fully saturated rings. The van der Waals surface area contributed by atoms with Gasteiger partial charge in [0.15, 0.2) is 5.76 Å². The van der Waals surface area contributed by atoms with Crippen LogP contribution in [0.1, 0.15) is 16.1 Å². The number of halogens is 1. The first-order valence-corrected chi connectivity index (χ1v) is 9.80. The highest BCUT2D eigenvalue weighted by Gasteiger charge is 2.16. The van der Waals surface area contributed by atoms with Crippen molar-refractivity contribution in [1.82, 2.24) is 10.3 Å². The molecule has 0 bridgehead atoms. The number of nitrogens with zero attached hydrogens (tertiary/aromatic N) is 1. The lowest BCUT2D eigenvalue weighted by Crippen LogP contribution is -2.25. The van der Waals surface area contributed by atoms with Crippen molar-refractivity contribution in [2.24, 2.45) is 0 Å². The third-order valence-electron chi connectivity index (χ3n) is 4.91. The Bertz CT molecular complexity index is 1280. The van der Waals surface area contributed by atoms with E-state index in [0.717, 1.165) is 22.2 Å². The van der Waals surface area contributed by atoms with E-state index in [1.54, 1.807) is 19.2 Å². The van der Waals surface area contributed by atoms with Gasteiger partial charge in [0.2, 0.25) is 0 Å². The summed E-state index contributed by atoms with van der Waals surface area (Å²) in [6, 6.07) is 13.0. The van der Waals surface area contributed by atoms with E-state index in [2.05, 4.69) is 10.3 Å². The minimum atomic E-state index is -0.527. The third kappa shape index (κ3) is 4.24. The van der Waals surface area contributed by atoms with Crippen LogP contribution in [0.2, 0.25) is 5.02 Å². The van der Waals surface area contributed by atoms with E-state index in [4.69, 9.17) is 20.8 Å². The molecule has 0 saturated carbocycles. The van der Waals surface area contributed by atoms with E-state index in [-0.39, 0.29) is 22.4 Å². The Morgan fingerprint density at radius 1 is 1.23 bits per heavy atom. The third-order valence-corrected chi connectivity index (χ3v) is 5.23. The van der Waals surface area contributed by atoms with Crippen molar-refractivity contribution >= 4 is 34.1 Å². The predicted molar refractivity (Wildman–Crippen MR) is 117 cm³/mol. The van der Waals surface area contributed by atoms with Crippen LogP contribution in [-0.4, -0.2) is 29.5 Å². The van der Waals surface area contributed by atoms with Gasteiger partial charge in [-0.2, -0.15) is 0 Å². The van der Waals surface area contributed by atoms with Crippen LogP contribution in [0.5, 0.6) is 5.75 Å². The second-order valence-corrected chi connectivity index (χ2v) is 7.22. The maximum Gasteiger partial charge on any atom is 0.287 e. The highest BCUT2D eigenvalue weighted by atomic mass is 35.5. The standard InChI is InChI=1S/C22H18ClN3O5/c1-30-15-3-5-16-13(12-25-19(16)11-15)8-9-24-22(27)21-7-6-20(31-21)17-4-2-14(26(28)29)10-18(17)23/h2-7,10-12,25H,8-9H2,1H3,(H,24,27). The lowest BCUT2D eigenvalue weighted by molar-refractivity contribution is -0.384. The largest absolute Gasteiger partial charge is 0.497 e. The molecule has 9 heteroatoms. The van der Waals surface area contributed by atoms with Gasteiger partial charge >= 0.3 is 0 Å². The number of carbonyl (C=O) groups is 1. The summed E-state index contributed by atoms with van der Waals surface area (Å²) in [7, 11) is 1.62. The van der Waals surface area contributed by atoms with Gasteiger partial charge in [0, 0.05) is 47.4 Å². The molecule has 0 aliphatic carbocycles. The SMILES string of the molecule is COc1ccc2c(CCNC(=O)c3ccc(-c4ccc([N+](=O)[O-])cc4Cl)o3)c[nH]c2c1. The first-order chi connectivity index (χ1) is 15.0. The monoisotopic (exact) mass is 439 g/mol. The van der Waals surface area contributed by atoms with Gasteiger partial charge in [0.05, 0.1) is 17.1 Å². The van der Waals surface area contributed by atoms with Crippen LogP contribution in [0, 0.1) is 10.1 Å². The van der Waals surface area contributed by atoms with Gasteiger partial charge in [-0.1, -0.05) is 11.6 Å². The molecule has 2 heterocycles. The molecule has 4 aromatic rings. The average Bonchev–Trinajstić information content (AvgIpc) is 3.40. The van der Waals surface area contributed by atoms with E-state index >= 15 is 0 Å². The maximum atomic E-state index is 12.4. The molecule has 0 aliphatic rings. The number of aromatic nitrogens is 1. The summed E-state index contributed by atoms with van der Waals surface area (Å²) >= 11 is 6.13.